The zero-order chi connectivity index (χ0) is 14.9. The molecule has 21 heavy (non-hydrogen) atoms. The summed E-state index contributed by atoms with van der Waals surface area (Å²) in [5.41, 5.74) is 0. The third kappa shape index (κ3) is 5.60. The van der Waals surface area contributed by atoms with E-state index >= 15 is 0 Å². The van der Waals surface area contributed by atoms with E-state index in [2.05, 4.69) is 13.0 Å². The highest BCUT2D eigenvalue weighted by molar-refractivity contribution is 4.88. The molecule has 0 aromatic carbocycles. The van der Waals surface area contributed by atoms with Crippen LogP contribution < -0.4 is 0 Å². The van der Waals surface area contributed by atoms with Crippen molar-refractivity contribution in [3.05, 3.63) is 0 Å². The lowest BCUT2D eigenvalue weighted by atomic mass is 9.82. The van der Waals surface area contributed by atoms with Gasteiger partial charge in [-0.25, -0.2) is 0 Å². The van der Waals surface area contributed by atoms with E-state index in [1.54, 1.807) is 0 Å². The van der Waals surface area contributed by atoms with Crippen LogP contribution in [0.5, 0.6) is 0 Å². The van der Waals surface area contributed by atoms with Crippen LogP contribution in [0.25, 0.3) is 0 Å². The predicted octanol–water partition coefficient (Wildman–Crippen LogP) is 4.67. The summed E-state index contributed by atoms with van der Waals surface area (Å²) in [6, 6.07) is 2.39. The van der Waals surface area contributed by atoms with Gasteiger partial charge in [0, 0.05) is 17.8 Å². The molecule has 0 spiro atoms. The number of nitriles is 1. The third-order valence-corrected chi connectivity index (χ3v) is 5.05. The van der Waals surface area contributed by atoms with Crippen LogP contribution in [0.15, 0.2) is 0 Å². The first-order valence-electron chi connectivity index (χ1n) is 8.96. The van der Waals surface area contributed by atoms with Crippen molar-refractivity contribution in [2.24, 2.45) is 17.8 Å². The van der Waals surface area contributed by atoms with E-state index in [1.807, 2.05) is 0 Å². The first-order chi connectivity index (χ1) is 10.3. The molecule has 0 atom stereocenters. The fourth-order valence-corrected chi connectivity index (χ4v) is 3.55. The molecule has 0 radical (unpaired) electrons. The quantitative estimate of drug-likeness (QED) is 0.641. The highest BCUT2D eigenvalue weighted by Gasteiger charge is 2.32. The molecule has 0 N–H and O–H groups in total. The average molecular weight is 293 g/mol. The van der Waals surface area contributed by atoms with Crippen LogP contribution in [0.3, 0.4) is 0 Å². The predicted molar refractivity (Wildman–Crippen MR) is 83.6 cm³/mol. The minimum Gasteiger partial charge on any atom is -0.352 e. The second kappa shape index (κ2) is 9.43. The van der Waals surface area contributed by atoms with Crippen molar-refractivity contribution in [1.29, 1.82) is 5.26 Å². The van der Waals surface area contributed by atoms with Gasteiger partial charge in [0.2, 0.25) is 0 Å². The van der Waals surface area contributed by atoms with Crippen molar-refractivity contribution < 1.29 is 9.47 Å². The monoisotopic (exact) mass is 293 g/mol. The normalized spacial score (nSPS) is 33.5. The Morgan fingerprint density at radius 1 is 0.952 bits per heavy atom. The van der Waals surface area contributed by atoms with Crippen molar-refractivity contribution in [2.75, 3.05) is 13.2 Å². The second-order valence-electron chi connectivity index (χ2n) is 6.84. The molecule has 2 aliphatic rings. The van der Waals surface area contributed by atoms with E-state index in [0.717, 1.165) is 38.9 Å². The number of hydrogen-bond donors (Lipinski definition) is 0. The first kappa shape index (κ1) is 16.8. The lowest BCUT2D eigenvalue weighted by Crippen LogP contribution is -2.38. The molecule has 0 bridgehead atoms. The van der Waals surface area contributed by atoms with Gasteiger partial charge in [-0.05, 0) is 32.1 Å². The molecule has 1 saturated heterocycles. The molecule has 3 heteroatoms. The van der Waals surface area contributed by atoms with Gasteiger partial charge in [-0.15, -0.1) is 0 Å². The summed E-state index contributed by atoms with van der Waals surface area (Å²) in [5.74, 6) is 1.37. The Balaban J connectivity index is 1.57. The van der Waals surface area contributed by atoms with Crippen molar-refractivity contribution in [3.8, 4) is 6.07 Å². The first-order valence-corrected chi connectivity index (χ1v) is 8.96. The Bertz CT molecular complexity index is 310. The minimum atomic E-state index is 0.000911. The van der Waals surface area contributed by atoms with Crippen LogP contribution in [-0.2, 0) is 9.47 Å². The standard InChI is InChI=1S/C18H31NO2/c1-2-3-4-5-6-7-16-13-20-18(21-14-16)17-10-8-15(12-19)9-11-17/h15-18H,2-11,13-14H2,1H3. The maximum atomic E-state index is 8.95. The van der Waals surface area contributed by atoms with Gasteiger partial charge in [0.1, 0.15) is 0 Å². The molecule has 0 unspecified atom stereocenters. The molecular weight excluding hydrogens is 262 g/mol. The molecule has 120 valence electrons. The summed E-state index contributed by atoms with van der Waals surface area (Å²) >= 11 is 0. The zero-order valence-electron chi connectivity index (χ0n) is 13.6. The van der Waals surface area contributed by atoms with Gasteiger partial charge >= 0.3 is 0 Å². The number of nitrogens with zero attached hydrogens (tertiary/aromatic N) is 1. The molecule has 2 fully saturated rings. The van der Waals surface area contributed by atoms with E-state index in [0.29, 0.717) is 11.8 Å². The second-order valence-corrected chi connectivity index (χ2v) is 6.84. The average Bonchev–Trinajstić information content (AvgIpc) is 2.55. The maximum Gasteiger partial charge on any atom is 0.160 e. The Morgan fingerprint density at radius 2 is 1.62 bits per heavy atom. The number of ether oxygens (including phenoxy) is 2. The lowest BCUT2D eigenvalue weighted by molar-refractivity contribution is -0.229. The minimum absolute atomic E-state index is 0.000911. The van der Waals surface area contributed by atoms with Crippen molar-refractivity contribution in [3.63, 3.8) is 0 Å². The maximum absolute atomic E-state index is 8.95. The highest BCUT2D eigenvalue weighted by atomic mass is 16.7. The van der Waals surface area contributed by atoms with Gasteiger partial charge in [-0.1, -0.05) is 39.0 Å². The van der Waals surface area contributed by atoms with Gasteiger partial charge in [0.25, 0.3) is 0 Å². The summed E-state index contributed by atoms with van der Waals surface area (Å²) in [6.07, 6.45) is 12.2. The van der Waals surface area contributed by atoms with Gasteiger partial charge in [0.05, 0.1) is 19.3 Å². The van der Waals surface area contributed by atoms with Crippen LogP contribution in [-0.4, -0.2) is 19.5 Å². The third-order valence-electron chi connectivity index (χ3n) is 5.05. The van der Waals surface area contributed by atoms with E-state index in [4.69, 9.17) is 14.7 Å². The van der Waals surface area contributed by atoms with E-state index in [1.165, 1.54) is 38.5 Å². The van der Waals surface area contributed by atoms with Crippen LogP contribution in [0.1, 0.15) is 71.1 Å². The molecule has 1 aliphatic carbocycles. The Morgan fingerprint density at radius 3 is 2.24 bits per heavy atom. The SMILES string of the molecule is CCCCCCCC1COC(C2CCC(C#N)CC2)OC1. The topological polar surface area (TPSA) is 42.2 Å². The smallest absolute Gasteiger partial charge is 0.160 e. The summed E-state index contributed by atoms with van der Waals surface area (Å²) < 4.78 is 11.9. The molecule has 3 nitrogen and oxygen atoms in total. The molecule has 1 heterocycles. The Labute approximate surface area is 130 Å². The van der Waals surface area contributed by atoms with E-state index in [-0.39, 0.29) is 12.2 Å². The fourth-order valence-electron chi connectivity index (χ4n) is 3.55. The van der Waals surface area contributed by atoms with Crippen molar-refractivity contribution in [2.45, 2.75) is 77.4 Å². The fraction of sp³-hybridized carbons (Fsp3) is 0.944. The van der Waals surface area contributed by atoms with Crippen LogP contribution in [0.4, 0.5) is 0 Å². The summed E-state index contributed by atoms with van der Waals surface area (Å²) in [6.45, 7) is 4.00. The molecule has 2 rings (SSSR count). The van der Waals surface area contributed by atoms with Gasteiger partial charge in [-0.2, -0.15) is 5.26 Å². The largest absolute Gasteiger partial charge is 0.352 e. The van der Waals surface area contributed by atoms with Crippen LogP contribution in [0, 0.1) is 29.1 Å². The number of rotatable bonds is 7. The summed E-state index contributed by atoms with van der Waals surface area (Å²) in [5, 5.41) is 8.95. The van der Waals surface area contributed by atoms with E-state index < -0.39 is 0 Å². The Kier molecular flexibility index (Phi) is 7.53. The van der Waals surface area contributed by atoms with Crippen molar-refractivity contribution in [1.82, 2.24) is 0 Å². The molecule has 1 saturated carbocycles. The van der Waals surface area contributed by atoms with Crippen LogP contribution in [0.2, 0.25) is 0 Å². The van der Waals surface area contributed by atoms with Crippen molar-refractivity contribution >= 4 is 0 Å². The molecule has 1 aliphatic heterocycles. The number of unbranched alkanes of at least 4 members (excludes halogenated alkanes) is 4. The molecule has 0 aromatic heterocycles. The van der Waals surface area contributed by atoms with Gasteiger partial charge < -0.3 is 9.47 Å². The zero-order valence-corrected chi connectivity index (χ0v) is 13.6. The lowest BCUT2D eigenvalue weighted by Gasteiger charge is -2.36. The van der Waals surface area contributed by atoms with Gasteiger partial charge in [0.15, 0.2) is 6.29 Å². The summed E-state index contributed by atoms with van der Waals surface area (Å²) in [7, 11) is 0. The van der Waals surface area contributed by atoms with Crippen LogP contribution >= 0.6 is 0 Å². The molecular formula is C18H31NO2. The highest BCUT2D eigenvalue weighted by Crippen LogP contribution is 2.34. The van der Waals surface area contributed by atoms with Gasteiger partial charge in [-0.3, -0.25) is 0 Å². The van der Waals surface area contributed by atoms with E-state index in [9.17, 15) is 0 Å². The molecule has 0 aromatic rings. The Hall–Kier alpha value is -0.590. The number of hydrogen-bond acceptors (Lipinski definition) is 3. The summed E-state index contributed by atoms with van der Waals surface area (Å²) in [4.78, 5) is 0. The molecule has 0 amide bonds.